The van der Waals surface area contributed by atoms with Crippen molar-refractivity contribution in [2.45, 2.75) is 38.3 Å². The summed E-state index contributed by atoms with van der Waals surface area (Å²) in [6.45, 7) is 2.87. The van der Waals surface area contributed by atoms with Crippen molar-refractivity contribution in [1.82, 2.24) is 20.0 Å². The van der Waals surface area contributed by atoms with Crippen LogP contribution in [-0.4, -0.2) is 60.0 Å². The summed E-state index contributed by atoms with van der Waals surface area (Å²) in [4.78, 5) is 27.8. The number of likely N-dealkylation sites (tertiary alicyclic amines) is 1. The van der Waals surface area contributed by atoms with Crippen LogP contribution in [0.15, 0.2) is 53.3 Å². The number of hydrogen-bond acceptors (Lipinski definition) is 5. The molecular weight excluding hydrogens is 452 g/mol. The van der Waals surface area contributed by atoms with Gasteiger partial charge in [0, 0.05) is 43.1 Å². The van der Waals surface area contributed by atoms with E-state index in [2.05, 4.69) is 10.2 Å². The number of halogens is 1. The second kappa shape index (κ2) is 11.6. The zero-order valence-electron chi connectivity index (χ0n) is 19.5. The monoisotopic (exact) mass is 482 g/mol. The highest BCUT2D eigenvalue weighted by molar-refractivity contribution is 6.30. The third kappa shape index (κ3) is 6.03. The lowest BCUT2D eigenvalue weighted by Crippen LogP contribution is -2.43. The summed E-state index contributed by atoms with van der Waals surface area (Å²) >= 11 is 6.04. The molecule has 0 unspecified atom stereocenters. The first kappa shape index (κ1) is 24.4. The van der Waals surface area contributed by atoms with Crippen LogP contribution in [0.3, 0.4) is 0 Å². The highest BCUT2D eigenvalue weighted by atomic mass is 35.5. The topological polar surface area (TPSA) is 76.5 Å². The number of ether oxygens (including phenoxy) is 1. The summed E-state index contributed by atoms with van der Waals surface area (Å²) in [7, 11) is 1.65. The Bertz CT molecular complexity index is 1180. The molecule has 1 atom stereocenters. The van der Waals surface area contributed by atoms with Gasteiger partial charge in [0.15, 0.2) is 0 Å². The van der Waals surface area contributed by atoms with Crippen molar-refractivity contribution in [3.05, 3.63) is 75.2 Å². The molecule has 2 aromatic carbocycles. The molecular formula is C26H31ClN4O3. The van der Waals surface area contributed by atoms with E-state index in [1.807, 2.05) is 48.5 Å². The summed E-state index contributed by atoms with van der Waals surface area (Å²) in [5.41, 5.74) is 1.85. The smallest absolute Gasteiger partial charge is 0.274 e. The predicted molar refractivity (Wildman–Crippen MR) is 134 cm³/mol. The number of methoxy groups -OCH3 is 1. The van der Waals surface area contributed by atoms with Crippen LogP contribution in [-0.2, 0) is 22.5 Å². The van der Waals surface area contributed by atoms with Crippen LogP contribution >= 0.6 is 11.6 Å². The van der Waals surface area contributed by atoms with E-state index in [0.717, 1.165) is 42.5 Å². The predicted octanol–water partition coefficient (Wildman–Crippen LogP) is 3.26. The second-order valence-corrected chi connectivity index (χ2v) is 9.18. The van der Waals surface area contributed by atoms with Gasteiger partial charge in [-0.25, -0.2) is 4.68 Å². The molecule has 1 saturated heterocycles. The molecule has 8 heteroatoms. The maximum atomic E-state index is 13.3. The summed E-state index contributed by atoms with van der Waals surface area (Å²) < 4.78 is 6.62. The summed E-state index contributed by atoms with van der Waals surface area (Å²) in [6.07, 6.45) is 3.33. The van der Waals surface area contributed by atoms with Gasteiger partial charge in [0.2, 0.25) is 5.91 Å². The molecule has 0 bridgehead atoms. The fourth-order valence-electron chi connectivity index (χ4n) is 4.55. The molecule has 0 aliphatic carbocycles. The molecule has 180 valence electrons. The van der Waals surface area contributed by atoms with E-state index in [1.165, 1.54) is 0 Å². The molecule has 1 aliphatic rings. The van der Waals surface area contributed by atoms with E-state index >= 15 is 0 Å². The standard InChI is InChI=1S/C26H31ClN4O3/c1-34-15-5-13-28-25(32)18-30-14-4-6-21(30)17-31-26(33)23-8-3-2-7-22(23)24(29-31)16-19-9-11-20(27)12-10-19/h2-3,7-12,21H,4-6,13-18H2,1H3,(H,28,32)/t21-/m1/s1. The molecule has 2 heterocycles. The normalized spacial score (nSPS) is 16.2. The molecule has 0 radical (unpaired) electrons. The van der Waals surface area contributed by atoms with E-state index in [1.54, 1.807) is 11.8 Å². The molecule has 3 aromatic rings. The summed E-state index contributed by atoms with van der Waals surface area (Å²) in [5, 5.41) is 9.98. The Morgan fingerprint density at radius 2 is 1.94 bits per heavy atom. The van der Waals surface area contributed by atoms with E-state index in [4.69, 9.17) is 21.4 Å². The van der Waals surface area contributed by atoms with Crippen molar-refractivity contribution in [3.8, 4) is 0 Å². The first-order valence-corrected chi connectivity index (χ1v) is 12.2. The third-order valence-electron chi connectivity index (χ3n) is 6.31. The van der Waals surface area contributed by atoms with E-state index in [-0.39, 0.29) is 17.5 Å². The summed E-state index contributed by atoms with van der Waals surface area (Å²) in [5.74, 6) is 0.00486. The molecule has 4 rings (SSSR count). The van der Waals surface area contributed by atoms with Crippen molar-refractivity contribution >= 4 is 28.3 Å². The number of benzene rings is 2. The Morgan fingerprint density at radius 3 is 2.71 bits per heavy atom. The van der Waals surface area contributed by atoms with Gasteiger partial charge in [-0.2, -0.15) is 5.10 Å². The molecule has 0 saturated carbocycles. The molecule has 1 aromatic heterocycles. The third-order valence-corrected chi connectivity index (χ3v) is 6.56. The minimum Gasteiger partial charge on any atom is -0.385 e. The van der Waals surface area contributed by atoms with Crippen LogP contribution < -0.4 is 10.9 Å². The minimum atomic E-state index is -0.0914. The van der Waals surface area contributed by atoms with Crippen molar-refractivity contribution in [3.63, 3.8) is 0 Å². The van der Waals surface area contributed by atoms with Gasteiger partial charge in [0.05, 0.1) is 24.2 Å². The Hall–Kier alpha value is -2.74. The van der Waals surface area contributed by atoms with Gasteiger partial charge in [-0.1, -0.05) is 41.9 Å². The SMILES string of the molecule is COCCCNC(=O)CN1CCC[C@@H]1Cn1nc(Cc2ccc(Cl)cc2)c2ccccc2c1=O. The quantitative estimate of drug-likeness (QED) is 0.449. The molecule has 1 fully saturated rings. The first-order chi connectivity index (χ1) is 16.5. The van der Waals surface area contributed by atoms with Crippen LogP contribution in [0.1, 0.15) is 30.5 Å². The number of aromatic nitrogens is 2. The number of carbonyl (C=O) groups excluding carboxylic acids is 1. The number of nitrogens with zero attached hydrogens (tertiary/aromatic N) is 3. The average molecular weight is 483 g/mol. The molecule has 1 N–H and O–H groups in total. The Kier molecular flexibility index (Phi) is 8.32. The van der Waals surface area contributed by atoms with E-state index in [9.17, 15) is 9.59 Å². The van der Waals surface area contributed by atoms with E-state index in [0.29, 0.717) is 43.1 Å². The molecule has 1 aliphatic heterocycles. The van der Waals surface area contributed by atoms with Crippen LogP contribution in [0.2, 0.25) is 5.02 Å². The maximum Gasteiger partial charge on any atom is 0.274 e. The zero-order valence-corrected chi connectivity index (χ0v) is 20.3. The van der Waals surface area contributed by atoms with Gasteiger partial charge in [-0.3, -0.25) is 14.5 Å². The summed E-state index contributed by atoms with van der Waals surface area (Å²) in [6, 6.07) is 15.4. The lowest BCUT2D eigenvalue weighted by atomic mass is 10.0. The Balaban J connectivity index is 1.53. The molecule has 0 spiro atoms. The number of amides is 1. The number of rotatable bonds is 10. The largest absolute Gasteiger partial charge is 0.385 e. The zero-order chi connectivity index (χ0) is 23.9. The Labute approximate surface area is 204 Å². The van der Waals surface area contributed by atoms with Gasteiger partial charge < -0.3 is 10.1 Å². The van der Waals surface area contributed by atoms with Gasteiger partial charge in [-0.15, -0.1) is 0 Å². The van der Waals surface area contributed by atoms with Crippen molar-refractivity contribution < 1.29 is 9.53 Å². The van der Waals surface area contributed by atoms with Crippen LogP contribution in [0, 0.1) is 0 Å². The molecule has 34 heavy (non-hydrogen) atoms. The van der Waals surface area contributed by atoms with Gasteiger partial charge >= 0.3 is 0 Å². The van der Waals surface area contributed by atoms with Gasteiger partial charge in [0.1, 0.15) is 0 Å². The van der Waals surface area contributed by atoms with Crippen LogP contribution in [0.25, 0.3) is 10.8 Å². The fraction of sp³-hybridized carbons (Fsp3) is 0.423. The molecule has 7 nitrogen and oxygen atoms in total. The maximum absolute atomic E-state index is 13.3. The number of fused-ring (bicyclic) bond motifs is 1. The molecule has 1 amide bonds. The van der Waals surface area contributed by atoms with Crippen molar-refractivity contribution in [2.75, 3.05) is 33.4 Å². The highest BCUT2D eigenvalue weighted by Gasteiger charge is 2.27. The lowest BCUT2D eigenvalue weighted by Gasteiger charge is -2.24. The van der Waals surface area contributed by atoms with Crippen LogP contribution in [0.4, 0.5) is 0 Å². The number of hydrogen-bond donors (Lipinski definition) is 1. The Morgan fingerprint density at radius 1 is 1.18 bits per heavy atom. The van der Waals surface area contributed by atoms with Gasteiger partial charge in [-0.05, 0) is 49.6 Å². The highest BCUT2D eigenvalue weighted by Crippen LogP contribution is 2.21. The van der Waals surface area contributed by atoms with Gasteiger partial charge in [0.25, 0.3) is 5.56 Å². The first-order valence-electron chi connectivity index (χ1n) is 11.8. The lowest BCUT2D eigenvalue weighted by molar-refractivity contribution is -0.122. The minimum absolute atomic E-state index is 0.00486. The second-order valence-electron chi connectivity index (χ2n) is 8.75. The van der Waals surface area contributed by atoms with Crippen molar-refractivity contribution in [2.24, 2.45) is 0 Å². The van der Waals surface area contributed by atoms with Crippen LogP contribution in [0.5, 0.6) is 0 Å². The number of carbonyl (C=O) groups is 1. The fourth-order valence-corrected chi connectivity index (χ4v) is 4.68. The van der Waals surface area contributed by atoms with E-state index < -0.39 is 0 Å². The number of nitrogens with one attached hydrogen (secondary N) is 1. The average Bonchev–Trinajstić information content (AvgIpc) is 3.27. The van der Waals surface area contributed by atoms with Crippen molar-refractivity contribution in [1.29, 1.82) is 0 Å².